The smallest absolute Gasteiger partial charge is 0.200 e. The van der Waals surface area contributed by atoms with Crippen molar-refractivity contribution in [2.24, 2.45) is 17.8 Å². The summed E-state index contributed by atoms with van der Waals surface area (Å²) < 4.78 is 5.46. The van der Waals surface area contributed by atoms with Gasteiger partial charge in [-0.05, 0) is 36.3 Å². The van der Waals surface area contributed by atoms with E-state index in [1.165, 1.54) is 0 Å². The molecule has 106 valence electrons. The Morgan fingerprint density at radius 3 is 2.79 bits per heavy atom. The van der Waals surface area contributed by atoms with Crippen molar-refractivity contribution < 1.29 is 20.1 Å². The first-order chi connectivity index (χ1) is 8.79. The number of rotatable bonds is 0. The summed E-state index contributed by atoms with van der Waals surface area (Å²) in [5.74, 6) is -1.45. The Hall–Kier alpha value is -0.680. The number of hydrogen-bond acceptors (Lipinski definition) is 4. The van der Waals surface area contributed by atoms with Gasteiger partial charge in [0.05, 0.1) is 12.7 Å². The molecule has 1 heterocycles. The SMILES string of the molecule is C=C1COC2(O)CC(C)C3CC(O)C(C)=CC3C12O. The first-order valence-corrected chi connectivity index (χ1v) is 6.93. The van der Waals surface area contributed by atoms with Crippen molar-refractivity contribution in [1.29, 1.82) is 0 Å². The number of hydrogen-bond donors (Lipinski definition) is 3. The minimum atomic E-state index is -1.54. The van der Waals surface area contributed by atoms with Gasteiger partial charge in [0.15, 0.2) is 5.79 Å². The second-order valence-electron chi connectivity index (χ2n) is 6.48. The third kappa shape index (κ3) is 1.54. The molecule has 0 amide bonds. The lowest BCUT2D eigenvalue weighted by molar-refractivity contribution is -0.294. The van der Waals surface area contributed by atoms with E-state index < -0.39 is 17.5 Å². The molecule has 0 spiro atoms. The van der Waals surface area contributed by atoms with E-state index in [4.69, 9.17) is 4.74 Å². The summed E-state index contributed by atoms with van der Waals surface area (Å²) in [6.45, 7) is 7.99. The van der Waals surface area contributed by atoms with Crippen LogP contribution in [0, 0.1) is 17.8 Å². The minimum Gasteiger partial charge on any atom is -0.389 e. The zero-order valence-electron chi connectivity index (χ0n) is 11.5. The number of fused-ring (bicyclic) bond motifs is 3. The molecule has 0 aromatic carbocycles. The summed E-state index contributed by atoms with van der Waals surface area (Å²) in [5.41, 5.74) is -0.0332. The lowest BCUT2D eigenvalue weighted by Gasteiger charge is -2.53. The Kier molecular flexibility index (Phi) is 2.74. The summed E-state index contributed by atoms with van der Waals surface area (Å²) in [7, 11) is 0. The lowest BCUT2D eigenvalue weighted by Crippen LogP contribution is -2.64. The van der Waals surface area contributed by atoms with Crippen molar-refractivity contribution in [3.05, 3.63) is 23.8 Å². The first-order valence-electron chi connectivity index (χ1n) is 6.93. The molecular weight excluding hydrogens is 244 g/mol. The highest BCUT2D eigenvalue weighted by molar-refractivity contribution is 5.33. The molecule has 0 aromatic rings. The molecule has 6 unspecified atom stereocenters. The van der Waals surface area contributed by atoms with Gasteiger partial charge in [0.2, 0.25) is 0 Å². The fraction of sp³-hybridized carbons (Fsp3) is 0.733. The van der Waals surface area contributed by atoms with E-state index in [0.717, 1.165) is 5.57 Å². The standard InChI is InChI=1S/C15H22O4/c1-8-4-12-11(5-13(8)16)9(2)6-14(17)15(12,18)10(3)7-19-14/h4,9,11-13,16-18H,3,5-7H2,1-2H3. The average molecular weight is 266 g/mol. The van der Waals surface area contributed by atoms with Crippen molar-refractivity contribution in [3.63, 3.8) is 0 Å². The summed E-state index contributed by atoms with van der Waals surface area (Å²) >= 11 is 0. The average Bonchev–Trinajstić information content (AvgIpc) is 2.57. The number of aliphatic hydroxyl groups excluding tert-OH is 1. The zero-order valence-corrected chi connectivity index (χ0v) is 11.5. The van der Waals surface area contributed by atoms with Crippen LogP contribution < -0.4 is 0 Å². The van der Waals surface area contributed by atoms with Crippen LogP contribution in [0.25, 0.3) is 0 Å². The molecule has 1 saturated heterocycles. The van der Waals surface area contributed by atoms with Crippen molar-refractivity contribution in [1.82, 2.24) is 0 Å². The fourth-order valence-electron chi connectivity index (χ4n) is 4.13. The maximum atomic E-state index is 11.1. The van der Waals surface area contributed by atoms with E-state index >= 15 is 0 Å². The van der Waals surface area contributed by atoms with Crippen LogP contribution >= 0.6 is 0 Å². The maximum absolute atomic E-state index is 11.1. The molecule has 6 atom stereocenters. The van der Waals surface area contributed by atoms with E-state index in [1.807, 2.05) is 19.9 Å². The van der Waals surface area contributed by atoms with Crippen molar-refractivity contribution in [2.45, 2.75) is 44.2 Å². The molecule has 19 heavy (non-hydrogen) atoms. The molecule has 0 bridgehead atoms. The molecule has 2 aliphatic carbocycles. The molecule has 2 fully saturated rings. The quantitative estimate of drug-likeness (QED) is 0.572. The van der Waals surface area contributed by atoms with Gasteiger partial charge in [0, 0.05) is 12.3 Å². The minimum absolute atomic E-state index is 0.141. The number of aliphatic hydroxyl groups is 3. The molecule has 3 rings (SSSR count). The van der Waals surface area contributed by atoms with Gasteiger partial charge in [-0.1, -0.05) is 19.6 Å². The highest BCUT2D eigenvalue weighted by atomic mass is 16.6. The summed E-state index contributed by atoms with van der Waals surface area (Å²) in [4.78, 5) is 0. The second-order valence-corrected chi connectivity index (χ2v) is 6.48. The van der Waals surface area contributed by atoms with Crippen LogP contribution in [0.2, 0.25) is 0 Å². The van der Waals surface area contributed by atoms with Crippen LogP contribution in [-0.4, -0.2) is 39.4 Å². The Balaban J connectivity index is 2.11. The van der Waals surface area contributed by atoms with Gasteiger partial charge in [-0.25, -0.2) is 0 Å². The zero-order chi connectivity index (χ0) is 14.0. The van der Waals surface area contributed by atoms with E-state index in [-0.39, 0.29) is 24.4 Å². The second kappa shape index (κ2) is 3.92. The lowest BCUT2D eigenvalue weighted by atomic mass is 9.57. The largest absolute Gasteiger partial charge is 0.389 e. The summed E-state index contributed by atoms with van der Waals surface area (Å²) in [5, 5.41) is 31.8. The Morgan fingerprint density at radius 1 is 1.42 bits per heavy atom. The van der Waals surface area contributed by atoms with Gasteiger partial charge in [-0.3, -0.25) is 0 Å². The van der Waals surface area contributed by atoms with Crippen molar-refractivity contribution >= 4 is 0 Å². The van der Waals surface area contributed by atoms with E-state index in [1.54, 1.807) is 0 Å². The predicted molar refractivity (Wildman–Crippen MR) is 70.1 cm³/mol. The predicted octanol–water partition coefficient (Wildman–Crippen LogP) is 0.976. The van der Waals surface area contributed by atoms with Crippen LogP contribution in [0.15, 0.2) is 23.8 Å². The highest BCUT2D eigenvalue weighted by Gasteiger charge is 2.66. The molecule has 0 radical (unpaired) electrons. The van der Waals surface area contributed by atoms with Crippen molar-refractivity contribution in [2.75, 3.05) is 6.61 Å². The van der Waals surface area contributed by atoms with Gasteiger partial charge in [-0.2, -0.15) is 0 Å². The summed E-state index contributed by atoms with van der Waals surface area (Å²) in [6, 6.07) is 0. The van der Waals surface area contributed by atoms with Crippen LogP contribution in [-0.2, 0) is 4.74 Å². The Bertz CT molecular complexity index is 457. The van der Waals surface area contributed by atoms with Gasteiger partial charge < -0.3 is 20.1 Å². The normalized spacial score (nSPS) is 53.5. The Labute approximate surface area is 113 Å². The van der Waals surface area contributed by atoms with E-state index in [2.05, 4.69) is 6.58 Å². The third-order valence-corrected chi connectivity index (χ3v) is 5.36. The maximum Gasteiger partial charge on any atom is 0.200 e. The van der Waals surface area contributed by atoms with Crippen molar-refractivity contribution in [3.8, 4) is 0 Å². The van der Waals surface area contributed by atoms with Gasteiger partial charge >= 0.3 is 0 Å². The van der Waals surface area contributed by atoms with Crippen LogP contribution in [0.5, 0.6) is 0 Å². The third-order valence-electron chi connectivity index (χ3n) is 5.36. The molecule has 3 N–H and O–H groups in total. The molecule has 4 heteroatoms. The first kappa shape index (κ1) is 13.3. The molecule has 3 aliphatic rings. The monoisotopic (exact) mass is 266 g/mol. The van der Waals surface area contributed by atoms with Gasteiger partial charge in [-0.15, -0.1) is 0 Å². The van der Waals surface area contributed by atoms with Crippen LogP contribution in [0.1, 0.15) is 26.7 Å². The van der Waals surface area contributed by atoms with Gasteiger partial charge in [0.1, 0.15) is 5.60 Å². The molecule has 1 aliphatic heterocycles. The fourth-order valence-corrected chi connectivity index (χ4v) is 4.13. The van der Waals surface area contributed by atoms with Crippen LogP contribution in [0.3, 0.4) is 0 Å². The molecular formula is C15H22O4. The highest BCUT2D eigenvalue weighted by Crippen LogP contribution is 2.57. The van der Waals surface area contributed by atoms with Crippen LogP contribution in [0.4, 0.5) is 0 Å². The molecule has 1 saturated carbocycles. The Morgan fingerprint density at radius 2 is 2.11 bits per heavy atom. The topological polar surface area (TPSA) is 69.9 Å². The van der Waals surface area contributed by atoms with E-state index in [9.17, 15) is 15.3 Å². The summed E-state index contributed by atoms with van der Waals surface area (Å²) in [6.07, 6.45) is 2.46. The van der Waals surface area contributed by atoms with E-state index in [0.29, 0.717) is 18.4 Å². The molecule has 4 nitrogen and oxygen atoms in total. The number of ether oxygens (including phenoxy) is 1. The van der Waals surface area contributed by atoms with Gasteiger partial charge in [0.25, 0.3) is 0 Å². The molecule has 0 aromatic heterocycles.